The summed E-state index contributed by atoms with van der Waals surface area (Å²) < 4.78 is 38.8. The van der Waals surface area contributed by atoms with Crippen molar-refractivity contribution in [2.24, 2.45) is 5.92 Å². The number of methoxy groups -OCH3 is 1. The number of nitrogens with zero attached hydrogens (tertiary/aromatic N) is 2. The number of sulfonamides is 1. The van der Waals surface area contributed by atoms with Crippen LogP contribution >= 0.6 is 0 Å². The summed E-state index contributed by atoms with van der Waals surface area (Å²) in [5, 5.41) is 2.90. The lowest BCUT2D eigenvalue weighted by molar-refractivity contribution is -0.120. The second kappa shape index (κ2) is 10.5. The zero-order chi connectivity index (χ0) is 25.0. The van der Waals surface area contributed by atoms with E-state index in [2.05, 4.69) is 10.3 Å². The van der Waals surface area contributed by atoms with Gasteiger partial charge in [-0.3, -0.25) is 4.79 Å². The molecule has 9 heteroatoms. The van der Waals surface area contributed by atoms with Crippen LogP contribution in [-0.4, -0.2) is 43.8 Å². The Bertz CT molecular complexity index is 1300. The van der Waals surface area contributed by atoms with Crippen molar-refractivity contribution in [3.8, 4) is 17.4 Å². The van der Waals surface area contributed by atoms with E-state index in [1.165, 1.54) is 4.31 Å². The topological polar surface area (TPSA) is 97.8 Å². The number of benzene rings is 2. The maximum atomic E-state index is 13.1. The molecule has 2 heterocycles. The summed E-state index contributed by atoms with van der Waals surface area (Å²) in [7, 11) is -2.01. The van der Waals surface area contributed by atoms with Gasteiger partial charge in [-0.15, -0.1) is 0 Å². The lowest BCUT2D eigenvalue weighted by Gasteiger charge is -2.31. The molecule has 184 valence electrons. The van der Waals surface area contributed by atoms with Gasteiger partial charge in [-0.25, -0.2) is 13.4 Å². The number of nitrogens with one attached hydrogen (secondary N) is 1. The molecule has 8 nitrogen and oxygen atoms in total. The van der Waals surface area contributed by atoms with Crippen LogP contribution in [0.2, 0.25) is 0 Å². The van der Waals surface area contributed by atoms with Crippen molar-refractivity contribution in [2.45, 2.75) is 31.6 Å². The fourth-order valence-electron chi connectivity index (χ4n) is 4.14. The van der Waals surface area contributed by atoms with Gasteiger partial charge in [0, 0.05) is 25.2 Å². The molecule has 1 aromatic heterocycles. The monoisotopic (exact) mass is 495 g/mol. The number of hydrogen-bond donors (Lipinski definition) is 1. The van der Waals surface area contributed by atoms with Crippen molar-refractivity contribution in [1.29, 1.82) is 0 Å². The quantitative estimate of drug-likeness (QED) is 0.517. The Morgan fingerprint density at radius 3 is 2.37 bits per heavy atom. The van der Waals surface area contributed by atoms with Gasteiger partial charge in [-0.05, 0) is 74.7 Å². The molecule has 4 rings (SSSR count). The summed E-state index contributed by atoms with van der Waals surface area (Å²) in [6, 6.07) is 15.8. The molecule has 2 aromatic carbocycles. The number of pyridine rings is 1. The van der Waals surface area contributed by atoms with E-state index in [0.29, 0.717) is 34.9 Å². The normalized spacial score (nSPS) is 14.9. The van der Waals surface area contributed by atoms with Crippen molar-refractivity contribution in [3.63, 3.8) is 0 Å². The maximum Gasteiger partial charge on any atom is 0.243 e. The molecule has 1 fully saturated rings. The van der Waals surface area contributed by atoms with Gasteiger partial charge in [-0.1, -0.05) is 17.7 Å². The lowest BCUT2D eigenvalue weighted by Crippen LogP contribution is -2.41. The summed E-state index contributed by atoms with van der Waals surface area (Å²) in [5.74, 6) is 1.05. The predicted octanol–water partition coefficient (Wildman–Crippen LogP) is 4.54. The zero-order valence-electron chi connectivity index (χ0n) is 20.0. The van der Waals surface area contributed by atoms with Crippen molar-refractivity contribution < 1.29 is 22.7 Å². The summed E-state index contributed by atoms with van der Waals surface area (Å²) >= 11 is 0. The molecule has 1 saturated heterocycles. The van der Waals surface area contributed by atoms with Gasteiger partial charge < -0.3 is 14.8 Å². The molecule has 3 aromatic rings. The third-order valence-corrected chi connectivity index (χ3v) is 8.13. The smallest absolute Gasteiger partial charge is 0.243 e. The molecular weight excluding hydrogens is 466 g/mol. The number of aromatic nitrogens is 1. The van der Waals surface area contributed by atoms with E-state index in [0.717, 1.165) is 11.1 Å². The van der Waals surface area contributed by atoms with Gasteiger partial charge >= 0.3 is 0 Å². The number of rotatable bonds is 7. The van der Waals surface area contributed by atoms with Gasteiger partial charge in [0.05, 0.1) is 12.0 Å². The number of amides is 1. The molecule has 0 aliphatic carbocycles. The standard InChI is InChI=1S/C26H29N3O5S/c1-18-6-11-24(19(2)17-18)35(31,32)29-15-12-20(13-16-29)25(30)28-23-5-4-14-27-26(23)34-22-9-7-21(33-3)8-10-22/h4-11,14,17,20H,12-13,15-16H2,1-3H3,(H,28,30). The molecular formula is C26H29N3O5S. The van der Waals surface area contributed by atoms with Gasteiger partial charge in [-0.2, -0.15) is 4.31 Å². The highest BCUT2D eigenvalue weighted by Gasteiger charge is 2.33. The van der Waals surface area contributed by atoms with Crippen molar-refractivity contribution >= 4 is 21.6 Å². The van der Waals surface area contributed by atoms with Crippen LogP contribution < -0.4 is 14.8 Å². The number of aryl methyl sites for hydroxylation is 2. The second-order valence-electron chi connectivity index (χ2n) is 8.57. The zero-order valence-corrected chi connectivity index (χ0v) is 20.8. The predicted molar refractivity (Wildman–Crippen MR) is 133 cm³/mol. The first kappa shape index (κ1) is 24.7. The van der Waals surface area contributed by atoms with Gasteiger partial charge in [0.1, 0.15) is 17.2 Å². The first-order valence-corrected chi connectivity index (χ1v) is 12.9. The molecule has 1 N–H and O–H groups in total. The van der Waals surface area contributed by atoms with E-state index in [1.807, 2.05) is 13.0 Å². The van der Waals surface area contributed by atoms with Crippen LogP contribution in [0.4, 0.5) is 5.69 Å². The first-order valence-electron chi connectivity index (χ1n) is 11.4. The molecule has 0 atom stereocenters. The van der Waals surface area contributed by atoms with Crippen molar-refractivity contribution in [1.82, 2.24) is 9.29 Å². The van der Waals surface area contributed by atoms with E-state index < -0.39 is 10.0 Å². The largest absolute Gasteiger partial charge is 0.497 e. The van der Waals surface area contributed by atoms with E-state index >= 15 is 0 Å². The van der Waals surface area contributed by atoms with Crippen molar-refractivity contribution in [3.05, 3.63) is 71.9 Å². The average Bonchev–Trinajstić information content (AvgIpc) is 2.85. The van der Waals surface area contributed by atoms with Crippen LogP contribution in [0.25, 0.3) is 0 Å². The number of carbonyl (C=O) groups is 1. The number of carbonyl (C=O) groups excluding carboxylic acids is 1. The number of hydrogen-bond acceptors (Lipinski definition) is 6. The fraction of sp³-hybridized carbons (Fsp3) is 0.308. The van der Waals surface area contributed by atoms with E-state index in [9.17, 15) is 13.2 Å². The fourth-order valence-corrected chi connectivity index (χ4v) is 5.82. The Labute approximate surface area is 206 Å². The minimum atomic E-state index is -3.60. The molecule has 1 aliphatic heterocycles. The Kier molecular flexibility index (Phi) is 7.37. The minimum absolute atomic E-state index is 0.179. The highest BCUT2D eigenvalue weighted by atomic mass is 32.2. The van der Waals surface area contributed by atoms with Gasteiger partial charge in [0.2, 0.25) is 21.8 Å². The van der Waals surface area contributed by atoms with Crippen LogP contribution in [0.3, 0.4) is 0 Å². The minimum Gasteiger partial charge on any atom is -0.497 e. The Morgan fingerprint density at radius 2 is 1.71 bits per heavy atom. The summed E-state index contributed by atoms with van der Waals surface area (Å²) in [4.78, 5) is 17.6. The summed E-state index contributed by atoms with van der Waals surface area (Å²) in [6.45, 7) is 4.31. The molecule has 1 aliphatic rings. The molecule has 0 radical (unpaired) electrons. The van der Waals surface area contributed by atoms with Crippen LogP contribution in [-0.2, 0) is 14.8 Å². The third-order valence-electron chi connectivity index (χ3n) is 6.08. The average molecular weight is 496 g/mol. The molecule has 0 saturated carbocycles. The second-order valence-corrected chi connectivity index (χ2v) is 10.5. The Morgan fingerprint density at radius 1 is 1.03 bits per heavy atom. The van der Waals surface area contributed by atoms with Crippen molar-refractivity contribution in [2.75, 3.05) is 25.5 Å². The maximum absolute atomic E-state index is 13.1. The van der Waals surface area contributed by atoms with Crippen LogP contribution in [0, 0.1) is 19.8 Å². The number of anilines is 1. The summed E-state index contributed by atoms with van der Waals surface area (Å²) in [5.41, 5.74) is 2.20. The van der Waals surface area contributed by atoms with Gasteiger partial charge in [0.15, 0.2) is 0 Å². The summed E-state index contributed by atoms with van der Waals surface area (Å²) in [6.07, 6.45) is 2.46. The number of piperidine rings is 1. The molecule has 0 unspecified atom stereocenters. The van der Waals surface area contributed by atoms with E-state index in [4.69, 9.17) is 9.47 Å². The van der Waals surface area contributed by atoms with E-state index in [-0.39, 0.29) is 30.8 Å². The first-order chi connectivity index (χ1) is 16.8. The molecule has 0 bridgehead atoms. The highest BCUT2D eigenvalue weighted by Crippen LogP contribution is 2.30. The third kappa shape index (κ3) is 5.63. The Hall–Kier alpha value is -3.43. The SMILES string of the molecule is COc1ccc(Oc2ncccc2NC(=O)C2CCN(S(=O)(=O)c3ccc(C)cc3C)CC2)cc1. The van der Waals surface area contributed by atoms with Crippen LogP contribution in [0.1, 0.15) is 24.0 Å². The lowest BCUT2D eigenvalue weighted by atomic mass is 9.97. The van der Waals surface area contributed by atoms with Gasteiger partial charge in [0.25, 0.3) is 0 Å². The van der Waals surface area contributed by atoms with Crippen LogP contribution in [0.15, 0.2) is 65.7 Å². The Balaban J connectivity index is 1.40. The van der Waals surface area contributed by atoms with Crippen LogP contribution in [0.5, 0.6) is 17.4 Å². The molecule has 35 heavy (non-hydrogen) atoms. The molecule has 1 amide bonds. The number of ether oxygens (including phenoxy) is 2. The molecule has 0 spiro atoms. The van der Waals surface area contributed by atoms with E-state index in [1.54, 1.807) is 68.8 Å². The highest BCUT2D eigenvalue weighted by molar-refractivity contribution is 7.89.